The van der Waals surface area contributed by atoms with Gasteiger partial charge in [-0.25, -0.2) is 0 Å². The number of fused-ring (bicyclic) bond motifs is 3. The predicted octanol–water partition coefficient (Wildman–Crippen LogP) is 3.67. The second-order valence-corrected chi connectivity index (χ2v) is 18.6. The van der Waals surface area contributed by atoms with Crippen LogP contribution in [-0.2, 0) is 20.7 Å². The Kier molecular flexibility index (Phi) is 14.9. The molecule has 8 rings (SSSR count). The van der Waals surface area contributed by atoms with Crippen LogP contribution in [0.15, 0.2) is 101 Å². The van der Waals surface area contributed by atoms with E-state index in [9.17, 15) is 28.1 Å². The van der Waals surface area contributed by atoms with Crippen LogP contribution in [0.2, 0.25) is 28.7 Å². The maximum Gasteiger partial charge on any atom is 0.376 e. The maximum absolute atomic E-state index is 13.7. The number of aromatic nitrogens is 4. The van der Waals surface area contributed by atoms with Crippen LogP contribution < -0.4 is 25.8 Å². The second kappa shape index (κ2) is 20.2. The standard InChI is InChI=1S/C24H27BClN5O2.C17H21BCl2N4O5S/c1-25(33)29-12-13-30-21(17-29)16-28(11-10-18-6-3-2-4-7-18)23-22(30)15-27-31(24(23)32)20-9-5-8-19(26)14-20;1-18(26)22-6-7-23(14(10-22)11-29-30(2,27)28)15-9-21-24(17(25)16(15)20)13-5-3-4-12(19)8-13/h2-9,14-15,21,33H,10-13,16-17H2,1H3;3-5,8-9,14,26H,6-7,10-11H2,1-2H3. The van der Waals surface area contributed by atoms with Gasteiger partial charge in [0.25, 0.3) is 21.2 Å². The molecule has 0 aliphatic carbocycles. The topological polar surface area (TPSA) is 170 Å². The molecule has 0 amide bonds. The minimum absolute atomic E-state index is 0.0557. The first-order chi connectivity index (χ1) is 30.1. The van der Waals surface area contributed by atoms with Crippen molar-refractivity contribution in [1.82, 2.24) is 29.2 Å². The fraction of sp³-hybridized carbons (Fsp3) is 0.366. The lowest BCUT2D eigenvalue weighted by Crippen LogP contribution is -2.63. The third kappa shape index (κ3) is 11.1. The van der Waals surface area contributed by atoms with E-state index in [1.165, 1.54) is 16.4 Å². The van der Waals surface area contributed by atoms with Crippen molar-refractivity contribution in [2.24, 2.45) is 0 Å². The van der Waals surface area contributed by atoms with Crippen molar-refractivity contribution in [1.29, 1.82) is 0 Å². The highest BCUT2D eigenvalue weighted by Crippen LogP contribution is 2.34. The fourth-order valence-corrected chi connectivity index (χ4v) is 9.19. The third-order valence-electron chi connectivity index (χ3n) is 11.4. The maximum atomic E-state index is 13.7. The lowest BCUT2D eigenvalue weighted by atomic mass is 9.83. The first-order valence-electron chi connectivity index (χ1n) is 20.5. The van der Waals surface area contributed by atoms with E-state index in [0.717, 1.165) is 55.8 Å². The monoisotopic (exact) mass is 937 g/mol. The summed E-state index contributed by atoms with van der Waals surface area (Å²) >= 11 is 18.6. The molecule has 2 N–H and O–H groups in total. The van der Waals surface area contributed by atoms with Gasteiger partial charge in [-0.3, -0.25) is 13.8 Å². The van der Waals surface area contributed by atoms with Crippen LogP contribution in [0.3, 0.4) is 0 Å². The molecule has 0 saturated carbocycles. The Morgan fingerprint density at radius 3 is 1.89 bits per heavy atom. The van der Waals surface area contributed by atoms with Gasteiger partial charge in [0.05, 0.1) is 60.1 Å². The molecule has 22 heteroatoms. The zero-order valence-electron chi connectivity index (χ0n) is 35.0. The average molecular weight is 939 g/mol. The number of hydrogen-bond acceptors (Lipinski definition) is 14. The van der Waals surface area contributed by atoms with Crippen molar-refractivity contribution in [3.8, 4) is 11.4 Å². The number of anilines is 3. The van der Waals surface area contributed by atoms with Crippen LogP contribution in [0.1, 0.15) is 5.56 Å². The van der Waals surface area contributed by atoms with E-state index in [2.05, 4.69) is 36.9 Å². The van der Waals surface area contributed by atoms with E-state index < -0.39 is 35.8 Å². The van der Waals surface area contributed by atoms with E-state index in [0.29, 0.717) is 52.4 Å². The quantitative estimate of drug-likeness (QED) is 0.145. The first-order valence-corrected chi connectivity index (χ1v) is 23.5. The van der Waals surface area contributed by atoms with E-state index in [1.807, 2.05) is 37.2 Å². The molecule has 0 spiro atoms. The Morgan fingerprint density at radius 1 is 0.730 bits per heavy atom. The van der Waals surface area contributed by atoms with Crippen LogP contribution in [0, 0.1) is 0 Å². The molecule has 2 unspecified atom stereocenters. The lowest BCUT2D eigenvalue weighted by molar-refractivity contribution is 0.228. The molecule has 2 atom stereocenters. The molecule has 5 heterocycles. The van der Waals surface area contributed by atoms with E-state index in [-0.39, 0.29) is 23.2 Å². The Balaban J connectivity index is 0.000000190. The molecule has 3 aliphatic rings. The van der Waals surface area contributed by atoms with Crippen molar-refractivity contribution in [3.63, 3.8) is 0 Å². The smallest absolute Gasteiger partial charge is 0.376 e. The molecule has 332 valence electrons. The molecule has 2 fully saturated rings. The van der Waals surface area contributed by atoms with Crippen molar-refractivity contribution in [2.75, 3.05) is 79.9 Å². The van der Waals surface area contributed by atoms with Crippen LogP contribution in [0.5, 0.6) is 0 Å². The summed E-state index contributed by atoms with van der Waals surface area (Å²) in [4.78, 5) is 36.7. The Labute approximate surface area is 382 Å². The molecular formula is C41H48B2Cl3N9O7S. The summed E-state index contributed by atoms with van der Waals surface area (Å²) in [5.74, 6) is 0. The lowest BCUT2D eigenvalue weighted by Gasteiger charge is -2.49. The average Bonchev–Trinajstić information content (AvgIpc) is 3.26. The molecule has 2 aromatic heterocycles. The fourth-order valence-electron chi connectivity index (χ4n) is 8.18. The van der Waals surface area contributed by atoms with Gasteiger partial charge in [0.1, 0.15) is 10.7 Å². The number of hydrogen-bond donors (Lipinski definition) is 2. The van der Waals surface area contributed by atoms with Crippen molar-refractivity contribution in [2.45, 2.75) is 32.2 Å². The van der Waals surface area contributed by atoms with E-state index in [4.69, 9.17) is 39.0 Å². The SMILES string of the molecule is CB(O)N1CCN(c2cnn(-c3cccc(Cl)c3)c(=O)c2Cl)C(COS(C)(=O)=O)C1.CB(O)N1CCN2c3cnn(-c4cccc(Cl)c4)c(=O)c3N(CCc3ccccc3)CC2C1. The molecule has 0 bridgehead atoms. The Bertz CT molecular complexity index is 2630. The molecule has 2 saturated heterocycles. The van der Waals surface area contributed by atoms with Gasteiger partial charge in [-0.2, -0.15) is 28.0 Å². The summed E-state index contributed by atoms with van der Waals surface area (Å²) < 4.78 is 30.5. The van der Waals surface area contributed by atoms with Crippen LogP contribution >= 0.6 is 34.8 Å². The number of nitrogens with zero attached hydrogens (tertiary/aromatic N) is 9. The van der Waals surface area contributed by atoms with E-state index >= 15 is 0 Å². The zero-order chi connectivity index (χ0) is 45.0. The highest BCUT2D eigenvalue weighted by molar-refractivity contribution is 7.86. The molecule has 5 aromatic rings. The minimum Gasteiger partial charge on any atom is -0.437 e. The van der Waals surface area contributed by atoms with Gasteiger partial charge in [0.2, 0.25) is 0 Å². The predicted molar refractivity (Wildman–Crippen MR) is 251 cm³/mol. The van der Waals surface area contributed by atoms with Crippen molar-refractivity contribution >= 4 is 76.1 Å². The van der Waals surface area contributed by atoms with Gasteiger partial charge < -0.3 is 34.4 Å². The van der Waals surface area contributed by atoms with Crippen molar-refractivity contribution < 1.29 is 22.6 Å². The number of benzene rings is 3. The summed E-state index contributed by atoms with van der Waals surface area (Å²) in [6.45, 7) is 8.17. The first kappa shape index (κ1) is 46.6. The molecule has 3 aliphatic heterocycles. The molecule has 63 heavy (non-hydrogen) atoms. The summed E-state index contributed by atoms with van der Waals surface area (Å²) in [6, 6.07) is 23.9. The van der Waals surface area contributed by atoms with Gasteiger partial charge in [-0.1, -0.05) is 77.3 Å². The molecular weight excluding hydrogens is 891 g/mol. The molecule has 0 radical (unpaired) electrons. The minimum atomic E-state index is -3.67. The molecule has 16 nitrogen and oxygen atoms in total. The van der Waals surface area contributed by atoms with Gasteiger partial charge in [-0.15, -0.1) is 0 Å². The third-order valence-corrected chi connectivity index (χ3v) is 12.8. The van der Waals surface area contributed by atoms with Crippen molar-refractivity contribution in [3.05, 3.63) is 133 Å². The number of rotatable bonds is 11. The highest BCUT2D eigenvalue weighted by Gasteiger charge is 2.39. The largest absolute Gasteiger partial charge is 0.437 e. The van der Waals surface area contributed by atoms with Gasteiger partial charge in [0.15, 0.2) is 0 Å². The van der Waals surface area contributed by atoms with Crippen LogP contribution in [-0.4, -0.2) is 139 Å². The summed E-state index contributed by atoms with van der Waals surface area (Å²) in [5.41, 5.74) is 3.61. The summed E-state index contributed by atoms with van der Waals surface area (Å²) in [7, 11) is -4.86. The highest BCUT2D eigenvalue weighted by atomic mass is 35.5. The van der Waals surface area contributed by atoms with E-state index in [1.54, 1.807) is 59.1 Å². The summed E-state index contributed by atoms with van der Waals surface area (Å²) in [6.07, 6.45) is 5.06. The molecule has 3 aromatic carbocycles. The van der Waals surface area contributed by atoms with Gasteiger partial charge >= 0.3 is 14.1 Å². The summed E-state index contributed by atoms with van der Waals surface area (Å²) in [5, 5.41) is 29.7. The van der Waals surface area contributed by atoms with Crippen LogP contribution in [0.4, 0.5) is 17.1 Å². The van der Waals surface area contributed by atoms with Gasteiger partial charge in [0, 0.05) is 62.4 Å². The number of halogens is 3. The Hall–Kier alpha value is -4.43. The van der Waals surface area contributed by atoms with Gasteiger partial charge in [-0.05, 0) is 62.0 Å². The van der Waals surface area contributed by atoms with Crippen LogP contribution in [0.25, 0.3) is 11.4 Å². The zero-order valence-corrected chi connectivity index (χ0v) is 38.1. The number of piperazine rings is 2. The Morgan fingerprint density at radius 2 is 1.30 bits per heavy atom. The second-order valence-electron chi connectivity index (χ2n) is 15.7. The normalized spacial score (nSPS) is 18.0.